The normalized spacial score (nSPS) is 17.3. The number of ether oxygens (including phenoxy) is 1. The van der Waals surface area contributed by atoms with E-state index in [9.17, 15) is 9.59 Å². The zero-order valence-corrected chi connectivity index (χ0v) is 21.0. The fourth-order valence-corrected chi connectivity index (χ4v) is 6.64. The number of nitrogens with one attached hydrogen (secondary N) is 1. The molecule has 1 aliphatic carbocycles. The fourth-order valence-electron chi connectivity index (χ4n) is 5.28. The average molecular weight is 500 g/mol. The van der Waals surface area contributed by atoms with Gasteiger partial charge in [-0.05, 0) is 48.1 Å². The van der Waals surface area contributed by atoms with Gasteiger partial charge in [0.05, 0.1) is 34.0 Å². The van der Waals surface area contributed by atoms with Gasteiger partial charge in [-0.1, -0.05) is 43.0 Å². The van der Waals surface area contributed by atoms with Gasteiger partial charge in [-0.15, -0.1) is 11.3 Å². The van der Waals surface area contributed by atoms with Gasteiger partial charge in [-0.2, -0.15) is 0 Å². The molecule has 5 rings (SSSR count). The van der Waals surface area contributed by atoms with Gasteiger partial charge in [0.2, 0.25) is 5.91 Å². The van der Waals surface area contributed by atoms with Gasteiger partial charge in [0, 0.05) is 25.2 Å². The van der Waals surface area contributed by atoms with Crippen molar-refractivity contribution in [2.45, 2.75) is 44.6 Å². The number of rotatable bonds is 5. The molecule has 1 saturated heterocycles. The summed E-state index contributed by atoms with van der Waals surface area (Å²) in [5.41, 5.74) is 4.40. The number of hydrogen-bond acceptors (Lipinski definition) is 4. The first-order valence-electron chi connectivity index (χ1n) is 12.1. The lowest BCUT2D eigenvalue weighted by Crippen LogP contribution is -2.42. The summed E-state index contributed by atoms with van der Waals surface area (Å²) in [4.78, 5) is 28.5. The van der Waals surface area contributed by atoms with E-state index >= 15 is 0 Å². The number of amides is 2. The summed E-state index contributed by atoms with van der Waals surface area (Å²) >= 11 is 7.76. The maximum Gasteiger partial charge on any atom is 0.261 e. The summed E-state index contributed by atoms with van der Waals surface area (Å²) in [5, 5.41) is 3.44. The summed E-state index contributed by atoms with van der Waals surface area (Å²) in [5.74, 6) is 0.408. The first kappa shape index (κ1) is 23.4. The SMILES string of the molecule is CNC(=O)c1cc2c(s1)c(C1CCCCC1)c(-c1ccc(Cl)cc1)n2CC(=O)N1CCOCC1. The summed E-state index contributed by atoms with van der Waals surface area (Å²) in [6.07, 6.45) is 5.93. The smallest absolute Gasteiger partial charge is 0.261 e. The average Bonchev–Trinajstić information content (AvgIpc) is 3.43. The van der Waals surface area contributed by atoms with E-state index in [1.165, 1.54) is 24.8 Å². The minimum atomic E-state index is -0.0881. The number of benzene rings is 1. The second-order valence-electron chi connectivity index (χ2n) is 9.09. The van der Waals surface area contributed by atoms with Crippen molar-refractivity contribution in [2.75, 3.05) is 33.4 Å². The Balaban J connectivity index is 1.69. The monoisotopic (exact) mass is 499 g/mol. The number of thiophene rings is 1. The molecule has 0 unspecified atom stereocenters. The van der Waals surface area contributed by atoms with Crippen molar-refractivity contribution >= 4 is 45.0 Å². The lowest BCUT2D eigenvalue weighted by atomic mass is 9.83. The van der Waals surface area contributed by atoms with E-state index in [0.29, 0.717) is 42.1 Å². The van der Waals surface area contributed by atoms with E-state index in [0.717, 1.165) is 34.3 Å². The Kier molecular flexibility index (Phi) is 6.95. The molecule has 1 saturated carbocycles. The van der Waals surface area contributed by atoms with Crippen molar-refractivity contribution < 1.29 is 14.3 Å². The third-order valence-electron chi connectivity index (χ3n) is 7.01. The van der Waals surface area contributed by atoms with Crippen LogP contribution in [0.15, 0.2) is 30.3 Å². The van der Waals surface area contributed by atoms with Crippen LogP contribution in [0.1, 0.15) is 53.3 Å². The maximum atomic E-state index is 13.4. The highest BCUT2D eigenvalue weighted by Crippen LogP contribution is 2.47. The van der Waals surface area contributed by atoms with Crippen LogP contribution in [0.25, 0.3) is 21.5 Å². The Morgan fingerprint density at radius 2 is 1.82 bits per heavy atom. The Hall–Kier alpha value is -2.35. The summed E-state index contributed by atoms with van der Waals surface area (Å²) in [6.45, 7) is 2.61. The maximum absolute atomic E-state index is 13.4. The lowest BCUT2D eigenvalue weighted by molar-refractivity contribution is -0.135. The van der Waals surface area contributed by atoms with E-state index in [-0.39, 0.29) is 18.4 Å². The Labute approximate surface area is 208 Å². The van der Waals surface area contributed by atoms with Crippen LogP contribution in [0.2, 0.25) is 5.02 Å². The molecule has 3 aromatic rings. The number of morpholine rings is 1. The van der Waals surface area contributed by atoms with Crippen LogP contribution >= 0.6 is 22.9 Å². The standard InChI is InChI=1S/C26H30ClN3O3S/c1-28-26(32)21-15-20-25(34-21)23(17-5-3-2-4-6-17)24(18-7-9-19(27)10-8-18)30(20)16-22(31)29-11-13-33-14-12-29/h7-10,15,17H,2-6,11-14,16H2,1H3,(H,28,32). The van der Waals surface area contributed by atoms with Gasteiger partial charge >= 0.3 is 0 Å². The number of fused-ring (bicyclic) bond motifs is 1. The second kappa shape index (κ2) is 10.1. The Morgan fingerprint density at radius 3 is 2.50 bits per heavy atom. The molecule has 0 atom stereocenters. The minimum Gasteiger partial charge on any atom is -0.378 e. The third kappa shape index (κ3) is 4.49. The van der Waals surface area contributed by atoms with Crippen LogP contribution in [0.3, 0.4) is 0 Å². The molecule has 2 aromatic heterocycles. The van der Waals surface area contributed by atoms with Crippen LogP contribution in [-0.2, 0) is 16.1 Å². The molecular weight excluding hydrogens is 470 g/mol. The molecule has 6 nitrogen and oxygen atoms in total. The van der Waals surface area contributed by atoms with E-state index < -0.39 is 0 Å². The predicted molar refractivity (Wildman–Crippen MR) is 137 cm³/mol. The van der Waals surface area contributed by atoms with E-state index in [2.05, 4.69) is 9.88 Å². The zero-order chi connectivity index (χ0) is 23.7. The van der Waals surface area contributed by atoms with E-state index in [1.54, 1.807) is 18.4 Å². The van der Waals surface area contributed by atoms with Crippen molar-refractivity contribution in [3.8, 4) is 11.3 Å². The minimum absolute atomic E-state index is 0.0818. The number of hydrogen-bond donors (Lipinski definition) is 1. The first-order chi connectivity index (χ1) is 16.6. The molecule has 34 heavy (non-hydrogen) atoms. The molecule has 0 spiro atoms. The molecule has 180 valence electrons. The molecule has 2 amide bonds. The third-order valence-corrected chi connectivity index (χ3v) is 8.42. The molecule has 8 heteroatoms. The fraction of sp³-hybridized carbons (Fsp3) is 0.462. The quantitative estimate of drug-likeness (QED) is 0.518. The molecule has 0 radical (unpaired) electrons. The van der Waals surface area contributed by atoms with E-state index in [1.807, 2.05) is 35.2 Å². The Morgan fingerprint density at radius 1 is 1.12 bits per heavy atom. The van der Waals surface area contributed by atoms with Crippen molar-refractivity contribution in [3.63, 3.8) is 0 Å². The zero-order valence-electron chi connectivity index (χ0n) is 19.4. The van der Waals surface area contributed by atoms with Gasteiger partial charge in [-0.25, -0.2) is 0 Å². The van der Waals surface area contributed by atoms with Gasteiger partial charge in [0.1, 0.15) is 6.54 Å². The van der Waals surface area contributed by atoms with Gasteiger partial charge in [0.25, 0.3) is 5.91 Å². The van der Waals surface area contributed by atoms with Crippen LogP contribution in [0.5, 0.6) is 0 Å². The van der Waals surface area contributed by atoms with Crippen LogP contribution in [-0.4, -0.2) is 54.6 Å². The molecular formula is C26H30ClN3O3S. The molecule has 2 fully saturated rings. The molecule has 3 heterocycles. The first-order valence-corrected chi connectivity index (χ1v) is 13.3. The van der Waals surface area contributed by atoms with Crippen LogP contribution < -0.4 is 5.32 Å². The highest BCUT2D eigenvalue weighted by atomic mass is 35.5. The number of carbonyl (C=O) groups excluding carboxylic acids is 2. The van der Waals surface area contributed by atoms with Crippen molar-refractivity contribution in [1.82, 2.24) is 14.8 Å². The van der Waals surface area contributed by atoms with Crippen molar-refractivity contribution in [2.24, 2.45) is 0 Å². The van der Waals surface area contributed by atoms with Crippen molar-refractivity contribution in [1.29, 1.82) is 0 Å². The predicted octanol–water partition coefficient (Wildman–Crippen LogP) is 5.29. The largest absolute Gasteiger partial charge is 0.378 e. The highest BCUT2D eigenvalue weighted by Gasteiger charge is 2.30. The lowest BCUT2D eigenvalue weighted by Gasteiger charge is -2.28. The number of nitrogens with zero attached hydrogens (tertiary/aromatic N) is 2. The summed E-state index contributed by atoms with van der Waals surface area (Å²) < 4.78 is 8.72. The molecule has 1 aromatic carbocycles. The topological polar surface area (TPSA) is 63.6 Å². The Bertz CT molecular complexity index is 1190. The molecule has 2 aliphatic rings. The number of carbonyl (C=O) groups is 2. The summed E-state index contributed by atoms with van der Waals surface area (Å²) in [7, 11) is 1.66. The van der Waals surface area contributed by atoms with Crippen LogP contribution in [0, 0.1) is 0 Å². The molecule has 1 N–H and O–H groups in total. The van der Waals surface area contributed by atoms with Crippen LogP contribution in [0.4, 0.5) is 0 Å². The highest BCUT2D eigenvalue weighted by molar-refractivity contribution is 7.21. The second-order valence-corrected chi connectivity index (χ2v) is 10.6. The van der Waals surface area contributed by atoms with Gasteiger partial charge in [-0.3, -0.25) is 9.59 Å². The number of halogens is 1. The van der Waals surface area contributed by atoms with Crippen molar-refractivity contribution in [3.05, 3.63) is 45.8 Å². The van der Waals surface area contributed by atoms with Gasteiger partial charge < -0.3 is 19.5 Å². The molecule has 0 bridgehead atoms. The summed E-state index contributed by atoms with van der Waals surface area (Å²) in [6, 6.07) is 9.86. The van der Waals surface area contributed by atoms with E-state index in [4.69, 9.17) is 16.3 Å². The molecule has 1 aliphatic heterocycles. The number of aromatic nitrogens is 1. The van der Waals surface area contributed by atoms with Gasteiger partial charge in [0.15, 0.2) is 0 Å².